The molecule has 214 valence electrons. The number of amides is 3. The van der Waals surface area contributed by atoms with Crippen LogP contribution in [0.5, 0.6) is 5.75 Å². The molecule has 9 nitrogen and oxygen atoms in total. The lowest BCUT2D eigenvalue weighted by atomic mass is 10.1. The number of thiophene rings is 1. The summed E-state index contributed by atoms with van der Waals surface area (Å²) in [6, 6.07) is 23.8. The Hall–Kier alpha value is -4.96. The fourth-order valence-corrected chi connectivity index (χ4v) is 5.64. The average molecular weight is 583 g/mol. The van der Waals surface area contributed by atoms with E-state index in [1.54, 1.807) is 61.7 Å². The van der Waals surface area contributed by atoms with E-state index in [-0.39, 0.29) is 12.1 Å². The first-order valence-corrected chi connectivity index (χ1v) is 14.1. The van der Waals surface area contributed by atoms with E-state index in [1.165, 1.54) is 21.1 Å². The SMILES string of the molecule is COc1ccc(CN(C(=O)CN2C(=O)C(=O)c3ccccc32)[C@@H](C(=O)Nc2ccc(N(C)C)cc2)c2cccs2)cc1. The molecule has 0 radical (unpaired) electrons. The molecule has 1 N–H and O–H groups in total. The number of nitrogens with zero attached hydrogens (tertiary/aromatic N) is 3. The van der Waals surface area contributed by atoms with Crippen LogP contribution in [0.2, 0.25) is 0 Å². The molecule has 0 aliphatic carbocycles. The van der Waals surface area contributed by atoms with E-state index >= 15 is 0 Å². The summed E-state index contributed by atoms with van der Waals surface area (Å²) in [5.74, 6) is -1.66. The number of benzene rings is 3. The molecule has 1 aliphatic heterocycles. The van der Waals surface area contributed by atoms with Crippen molar-refractivity contribution >= 4 is 51.9 Å². The van der Waals surface area contributed by atoms with Gasteiger partial charge in [-0.2, -0.15) is 0 Å². The van der Waals surface area contributed by atoms with Crippen molar-refractivity contribution in [1.82, 2.24) is 4.90 Å². The maximum atomic E-state index is 14.1. The third-order valence-corrected chi connectivity index (χ3v) is 7.95. The van der Waals surface area contributed by atoms with Gasteiger partial charge < -0.3 is 19.9 Å². The second-order valence-electron chi connectivity index (χ2n) is 9.96. The molecule has 0 bridgehead atoms. The predicted octanol–water partition coefficient (Wildman–Crippen LogP) is 4.76. The Bertz CT molecular complexity index is 1600. The second kappa shape index (κ2) is 12.3. The highest BCUT2D eigenvalue weighted by atomic mass is 32.1. The summed E-state index contributed by atoms with van der Waals surface area (Å²) in [7, 11) is 5.43. The summed E-state index contributed by atoms with van der Waals surface area (Å²) >= 11 is 1.35. The van der Waals surface area contributed by atoms with Gasteiger partial charge in [0, 0.05) is 36.9 Å². The first kappa shape index (κ1) is 28.6. The van der Waals surface area contributed by atoms with Gasteiger partial charge in [0.05, 0.1) is 18.4 Å². The number of hydrogen-bond acceptors (Lipinski definition) is 7. The Morgan fingerprint density at radius 3 is 2.29 bits per heavy atom. The van der Waals surface area contributed by atoms with Crippen LogP contribution >= 0.6 is 11.3 Å². The van der Waals surface area contributed by atoms with Crippen LogP contribution < -0.4 is 19.9 Å². The molecule has 0 fully saturated rings. The van der Waals surface area contributed by atoms with E-state index in [4.69, 9.17) is 4.74 Å². The van der Waals surface area contributed by atoms with Crippen LogP contribution in [0.1, 0.15) is 26.8 Å². The van der Waals surface area contributed by atoms with Crippen molar-refractivity contribution in [3.8, 4) is 5.75 Å². The van der Waals surface area contributed by atoms with E-state index < -0.39 is 36.1 Å². The topological polar surface area (TPSA) is 99.3 Å². The molecule has 2 heterocycles. The Morgan fingerprint density at radius 2 is 1.64 bits per heavy atom. The Balaban J connectivity index is 1.50. The number of rotatable bonds is 10. The maximum Gasteiger partial charge on any atom is 0.299 e. The smallest absolute Gasteiger partial charge is 0.299 e. The largest absolute Gasteiger partial charge is 0.497 e. The number of methoxy groups -OCH3 is 1. The van der Waals surface area contributed by atoms with Crippen molar-refractivity contribution in [1.29, 1.82) is 0 Å². The molecule has 3 aromatic carbocycles. The van der Waals surface area contributed by atoms with E-state index in [2.05, 4.69) is 5.32 Å². The first-order chi connectivity index (χ1) is 20.3. The standard InChI is InChI=1S/C32H30N4O5S/c1-34(2)23-14-12-22(13-15-23)33-31(39)29(27-9-6-18-42-27)36(19-21-10-16-24(41-3)17-11-21)28(37)20-35-26-8-5-4-7-25(26)30(38)32(35)40/h4-18,29H,19-20H2,1-3H3,(H,33,39)/t29-/m1/s1. The molecule has 0 unspecified atom stereocenters. The zero-order valence-electron chi connectivity index (χ0n) is 23.4. The molecule has 0 saturated heterocycles. The zero-order chi connectivity index (χ0) is 29.8. The Morgan fingerprint density at radius 1 is 0.929 bits per heavy atom. The Kier molecular flexibility index (Phi) is 8.35. The number of hydrogen-bond donors (Lipinski definition) is 1. The fourth-order valence-electron chi connectivity index (χ4n) is 4.81. The molecule has 1 aromatic heterocycles. The second-order valence-corrected chi connectivity index (χ2v) is 10.9. The van der Waals surface area contributed by atoms with E-state index in [1.807, 2.05) is 54.7 Å². The molecule has 42 heavy (non-hydrogen) atoms. The monoisotopic (exact) mass is 582 g/mol. The summed E-state index contributed by atoms with van der Waals surface area (Å²) in [4.78, 5) is 58.8. The van der Waals surface area contributed by atoms with Gasteiger partial charge in [0.15, 0.2) is 0 Å². The van der Waals surface area contributed by atoms with Gasteiger partial charge in [-0.3, -0.25) is 24.1 Å². The number of para-hydroxylation sites is 1. The van der Waals surface area contributed by atoms with Crippen LogP contribution in [0.25, 0.3) is 0 Å². The molecule has 0 saturated carbocycles. The average Bonchev–Trinajstić information content (AvgIpc) is 3.61. The number of ketones is 1. The lowest BCUT2D eigenvalue weighted by Gasteiger charge is -2.32. The quantitative estimate of drug-likeness (QED) is 0.271. The van der Waals surface area contributed by atoms with Crippen molar-refractivity contribution < 1.29 is 23.9 Å². The van der Waals surface area contributed by atoms with Crippen molar-refractivity contribution in [3.63, 3.8) is 0 Å². The molecule has 5 rings (SSSR count). The number of nitrogens with one attached hydrogen (secondary N) is 1. The van der Waals surface area contributed by atoms with Gasteiger partial charge in [-0.25, -0.2) is 0 Å². The normalized spacial score (nSPS) is 13.0. The molecule has 10 heteroatoms. The number of fused-ring (bicyclic) bond motifs is 1. The van der Waals surface area contributed by atoms with E-state index in [9.17, 15) is 19.2 Å². The van der Waals surface area contributed by atoms with Crippen molar-refractivity contribution in [3.05, 3.63) is 106 Å². The highest BCUT2D eigenvalue weighted by Crippen LogP contribution is 2.32. The van der Waals surface area contributed by atoms with Gasteiger partial charge in [-0.15, -0.1) is 11.3 Å². The van der Waals surface area contributed by atoms with Crippen LogP contribution in [0.4, 0.5) is 17.1 Å². The molecular weight excluding hydrogens is 552 g/mol. The van der Waals surface area contributed by atoms with E-state index in [0.29, 0.717) is 22.0 Å². The van der Waals surface area contributed by atoms with Crippen molar-refractivity contribution in [2.45, 2.75) is 12.6 Å². The highest BCUT2D eigenvalue weighted by molar-refractivity contribution is 7.10. The third-order valence-electron chi connectivity index (χ3n) is 7.03. The van der Waals surface area contributed by atoms with Gasteiger partial charge in [-0.05, 0) is 65.5 Å². The first-order valence-electron chi connectivity index (χ1n) is 13.3. The summed E-state index contributed by atoms with van der Waals surface area (Å²) in [6.45, 7) is -0.319. The molecule has 0 spiro atoms. The zero-order valence-corrected chi connectivity index (χ0v) is 24.3. The van der Waals surface area contributed by atoms with Crippen molar-refractivity contribution in [2.75, 3.05) is 42.9 Å². The van der Waals surface area contributed by atoms with Gasteiger partial charge in [0.2, 0.25) is 5.91 Å². The van der Waals surface area contributed by atoms with Crippen LogP contribution in [-0.2, 0) is 20.9 Å². The molecular formula is C32H30N4O5S. The number of Topliss-reactive ketones (excluding diaryl/α,β-unsaturated/α-hetero) is 1. The number of ether oxygens (including phenoxy) is 1. The third kappa shape index (κ3) is 5.89. The number of anilines is 3. The summed E-state index contributed by atoms with van der Waals surface area (Å²) < 4.78 is 5.28. The molecule has 1 aliphatic rings. The van der Waals surface area contributed by atoms with Crippen molar-refractivity contribution in [2.24, 2.45) is 0 Å². The molecule has 1 atom stereocenters. The van der Waals surface area contributed by atoms with Gasteiger partial charge in [0.25, 0.3) is 17.6 Å². The highest BCUT2D eigenvalue weighted by Gasteiger charge is 2.39. The van der Waals surface area contributed by atoms with Crippen LogP contribution in [0, 0.1) is 0 Å². The van der Waals surface area contributed by atoms with Crippen LogP contribution in [-0.4, -0.2) is 56.2 Å². The maximum absolute atomic E-state index is 14.1. The van der Waals surface area contributed by atoms with Gasteiger partial charge in [-0.1, -0.05) is 30.3 Å². The van der Waals surface area contributed by atoms with Crippen LogP contribution in [0.15, 0.2) is 90.3 Å². The lowest BCUT2D eigenvalue weighted by molar-refractivity contribution is -0.138. The lowest BCUT2D eigenvalue weighted by Crippen LogP contribution is -2.46. The number of carbonyl (C=O) groups excluding carboxylic acids is 4. The van der Waals surface area contributed by atoms with Gasteiger partial charge in [0.1, 0.15) is 18.3 Å². The van der Waals surface area contributed by atoms with Gasteiger partial charge >= 0.3 is 0 Å². The van der Waals surface area contributed by atoms with Crippen LogP contribution in [0.3, 0.4) is 0 Å². The predicted molar refractivity (Wildman–Crippen MR) is 163 cm³/mol. The summed E-state index contributed by atoms with van der Waals surface area (Å²) in [6.07, 6.45) is 0. The summed E-state index contributed by atoms with van der Waals surface area (Å²) in [5, 5.41) is 4.81. The molecule has 4 aromatic rings. The minimum absolute atomic E-state index is 0.0794. The minimum Gasteiger partial charge on any atom is -0.497 e. The van der Waals surface area contributed by atoms with E-state index in [0.717, 1.165) is 11.3 Å². The fraction of sp³-hybridized carbons (Fsp3) is 0.188. The summed E-state index contributed by atoms with van der Waals surface area (Å²) in [5.41, 5.74) is 2.95. The number of carbonyl (C=O) groups is 4. The Labute approximate surface area is 247 Å². The molecule has 3 amide bonds. The minimum atomic E-state index is -1.00.